The molecule has 0 aromatic rings. The zero-order valence-electron chi connectivity index (χ0n) is 5.60. The van der Waals surface area contributed by atoms with Crippen molar-refractivity contribution in [3.8, 4) is 0 Å². The van der Waals surface area contributed by atoms with Crippen LogP contribution in [0.4, 0.5) is 0 Å². The van der Waals surface area contributed by atoms with E-state index in [9.17, 15) is 0 Å². The summed E-state index contributed by atoms with van der Waals surface area (Å²) < 4.78 is 0. The lowest BCUT2D eigenvalue weighted by Gasteiger charge is -2.03. The quantitative estimate of drug-likeness (QED) is 0.587. The summed E-state index contributed by atoms with van der Waals surface area (Å²) >= 11 is 0. The smallest absolute Gasteiger partial charge is 0.0102 e. The lowest BCUT2D eigenvalue weighted by Crippen LogP contribution is -2.19. The van der Waals surface area contributed by atoms with E-state index < -0.39 is 0 Å². The third kappa shape index (κ3) is 2.87. The monoisotopic (exact) mass is 147 g/mol. The van der Waals surface area contributed by atoms with Gasteiger partial charge in [-0.3, -0.25) is 0 Å². The minimum absolute atomic E-state index is 0. The Labute approximate surface area is 62.9 Å². The summed E-state index contributed by atoms with van der Waals surface area (Å²) in [6.45, 7) is 4.89. The van der Waals surface area contributed by atoms with Gasteiger partial charge in [-0.25, -0.2) is 0 Å². The Hall–Kier alpha value is -0.0100. The molecule has 1 atom stereocenters. The van der Waals surface area contributed by atoms with Gasteiger partial charge in [0.2, 0.25) is 0 Å². The molecule has 1 aliphatic heterocycles. The zero-order chi connectivity index (χ0) is 5.82. The van der Waals surface area contributed by atoms with Gasteiger partial charge in [0.15, 0.2) is 0 Å². The van der Waals surface area contributed by atoms with Crippen LogP contribution in [0.5, 0.6) is 0 Å². The van der Waals surface area contributed by atoms with Crippen LogP contribution in [0.2, 0.25) is 0 Å². The molecule has 1 saturated heterocycles. The molecular weight excluding hydrogens is 134 g/mol. The van der Waals surface area contributed by atoms with Gasteiger partial charge in [-0.05, 0) is 25.8 Å². The predicted octanol–water partition coefficient (Wildman–Crippen LogP) is 1.74. The van der Waals surface area contributed by atoms with Gasteiger partial charge in [0.1, 0.15) is 0 Å². The van der Waals surface area contributed by atoms with Crippen molar-refractivity contribution in [1.29, 1.82) is 0 Å². The fourth-order valence-electron chi connectivity index (χ4n) is 1.16. The van der Waals surface area contributed by atoms with Crippen molar-refractivity contribution in [2.24, 2.45) is 0 Å². The summed E-state index contributed by atoms with van der Waals surface area (Å²) in [5, 5.41) is 3.39. The first-order valence-corrected chi connectivity index (χ1v) is 3.28. The average molecular weight is 148 g/mol. The number of hydrogen-bond acceptors (Lipinski definition) is 1. The van der Waals surface area contributed by atoms with Crippen LogP contribution in [0.1, 0.15) is 19.3 Å². The van der Waals surface area contributed by atoms with Crippen LogP contribution in [-0.4, -0.2) is 12.6 Å². The number of rotatable bonds is 2. The van der Waals surface area contributed by atoms with Gasteiger partial charge in [0.25, 0.3) is 0 Å². The minimum atomic E-state index is 0. The second-order valence-corrected chi connectivity index (χ2v) is 2.32. The van der Waals surface area contributed by atoms with Crippen molar-refractivity contribution in [2.75, 3.05) is 6.54 Å². The largest absolute Gasteiger partial charge is 0.314 e. The molecule has 0 aliphatic carbocycles. The van der Waals surface area contributed by atoms with Gasteiger partial charge in [-0.2, -0.15) is 0 Å². The number of halogens is 1. The van der Waals surface area contributed by atoms with E-state index in [1.165, 1.54) is 19.4 Å². The third-order valence-electron chi connectivity index (χ3n) is 1.61. The minimum Gasteiger partial charge on any atom is -0.314 e. The highest BCUT2D eigenvalue weighted by molar-refractivity contribution is 5.85. The molecule has 1 heterocycles. The van der Waals surface area contributed by atoms with Gasteiger partial charge in [-0.1, -0.05) is 6.08 Å². The molecular formula is C7H14ClN. The summed E-state index contributed by atoms with van der Waals surface area (Å²) in [5.41, 5.74) is 0. The second kappa shape index (κ2) is 4.83. The van der Waals surface area contributed by atoms with Crippen LogP contribution in [0.15, 0.2) is 12.7 Å². The molecule has 0 spiro atoms. The van der Waals surface area contributed by atoms with Crippen molar-refractivity contribution >= 4 is 12.4 Å². The van der Waals surface area contributed by atoms with E-state index in [1.807, 2.05) is 6.08 Å². The van der Waals surface area contributed by atoms with Crippen molar-refractivity contribution in [1.82, 2.24) is 5.32 Å². The Kier molecular flexibility index (Phi) is 4.83. The molecule has 0 bridgehead atoms. The molecule has 0 amide bonds. The molecule has 1 fully saturated rings. The molecule has 0 aromatic heterocycles. The fraction of sp³-hybridized carbons (Fsp3) is 0.714. The van der Waals surface area contributed by atoms with Crippen LogP contribution in [0, 0.1) is 0 Å². The van der Waals surface area contributed by atoms with Crippen LogP contribution >= 0.6 is 12.4 Å². The first-order valence-electron chi connectivity index (χ1n) is 3.28. The highest BCUT2D eigenvalue weighted by atomic mass is 35.5. The first kappa shape index (κ1) is 8.99. The summed E-state index contributed by atoms with van der Waals surface area (Å²) in [6, 6.07) is 0.743. The van der Waals surface area contributed by atoms with Crippen LogP contribution in [0.3, 0.4) is 0 Å². The molecule has 9 heavy (non-hydrogen) atoms. The number of hydrogen-bond donors (Lipinski definition) is 1. The van der Waals surface area contributed by atoms with Crippen molar-refractivity contribution in [3.05, 3.63) is 12.7 Å². The van der Waals surface area contributed by atoms with Crippen molar-refractivity contribution in [2.45, 2.75) is 25.3 Å². The van der Waals surface area contributed by atoms with Gasteiger partial charge in [0.05, 0.1) is 0 Å². The first-order chi connectivity index (χ1) is 3.93. The summed E-state index contributed by atoms with van der Waals surface area (Å²) in [4.78, 5) is 0. The molecule has 0 radical (unpaired) electrons. The molecule has 0 unspecified atom stereocenters. The van der Waals surface area contributed by atoms with Crippen molar-refractivity contribution < 1.29 is 0 Å². The Morgan fingerprint density at radius 2 is 2.44 bits per heavy atom. The Morgan fingerprint density at radius 1 is 1.67 bits per heavy atom. The molecule has 1 nitrogen and oxygen atoms in total. The highest BCUT2D eigenvalue weighted by Gasteiger charge is 2.10. The van der Waals surface area contributed by atoms with E-state index >= 15 is 0 Å². The van der Waals surface area contributed by atoms with E-state index in [-0.39, 0.29) is 12.4 Å². The van der Waals surface area contributed by atoms with Gasteiger partial charge in [-0.15, -0.1) is 19.0 Å². The van der Waals surface area contributed by atoms with E-state index in [2.05, 4.69) is 11.9 Å². The molecule has 0 aromatic carbocycles. The van der Waals surface area contributed by atoms with E-state index in [1.54, 1.807) is 0 Å². The topological polar surface area (TPSA) is 12.0 Å². The van der Waals surface area contributed by atoms with Crippen LogP contribution < -0.4 is 5.32 Å². The average Bonchev–Trinajstić information content (AvgIpc) is 2.19. The highest BCUT2D eigenvalue weighted by Crippen LogP contribution is 2.07. The zero-order valence-corrected chi connectivity index (χ0v) is 6.41. The molecule has 1 N–H and O–H groups in total. The van der Waals surface area contributed by atoms with Crippen LogP contribution in [-0.2, 0) is 0 Å². The maximum atomic E-state index is 3.68. The standard InChI is InChI=1S/C7H13N.ClH/c1-2-4-7-5-3-6-8-7;/h2,7-8H,1,3-6H2;1H/t7-;/m0./s1. The van der Waals surface area contributed by atoms with E-state index in [0.717, 1.165) is 12.5 Å². The summed E-state index contributed by atoms with van der Waals surface area (Å²) in [6.07, 6.45) is 5.81. The van der Waals surface area contributed by atoms with Crippen molar-refractivity contribution in [3.63, 3.8) is 0 Å². The lowest BCUT2D eigenvalue weighted by molar-refractivity contribution is 0.615. The molecule has 2 heteroatoms. The van der Waals surface area contributed by atoms with E-state index in [4.69, 9.17) is 0 Å². The van der Waals surface area contributed by atoms with Gasteiger partial charge < -0.3 is 5.32 Å². The molecule has 0 saturated carbocycles. The maximum Gasteiger partial charge on any atom is 0.0102 e. The molecule has 1 rings (SSSR count). The van der Waals surface area contributed by atoms with Gasteiger partial charge in [0, 0.05) is 6.04 Å². The Morgan fingerprint density at radius 3 is 2.89 bits per heavy atom. The Bertz CT molecular complexity index is 77.0. The SMILES string of the molecule is C=CC[C@H]1CCCN1.Cl. The normalized spacial score (nSPS) is 25.1. The maximum absolute atomic E-state index is 3.68. The number of nitrogens with one attached hydrogen (secondary N) is 1. The van der Waals surface area contributed by atoms with E-state index in [0.29, 0.717) is 0 Å². The second-order valence-electron chi connectivity index (χ2n) is 2.32. The third-order valence-corrected chi connectivity index (χ3v) is 1.61. The molecule has 54 valence electrons. The lowest BCUT2D eigenvalue weighted by atomic mass is 10.2. The summed E-state index contributed by atoms with van der Waals surface area (Å²) in [7, 11) is 0. The predicted molar refractivity (Wildman–Crippen MR) is 43.1 cm³/mol. The Balaban J connectivity index is 0.000000640. The van der Waals surface area contributed by atoms with Crippen LogP contribution in [0.25, 0.3) is 0 Å². The molecule has 1 aliphatic rings. The van der Waals surface area contributed by atoms with Gasteiger partial charge >= 0.3 is 0 Å². The summed E-state index contributed by atoms with van der Waals surface area (Å²) in [5.74, 6) is 0. The fourth-order valence-corrected chi connectivity index (χ4v) is 1.16.